The first-order valence-corrected chi connectivity index (χ1v) is 12.9. The van der Waals surface area contributed by atoms with Crippen molar-refractivity contribution in [2.75, 3.05) is 26.0 Å². The molecule has 13 heteroatoms. The van der Waals surface area contributed by atoms with Crippen LogP contribution in [0.3, 0.4) is 0 Å². The summed E-state index contributed by atoms with van der Waals surface area (Å²) in [5.41, 5.74) is 12.1. The van der Waals surface area contributed by atoms with Crippen LogP contribution in [-0.4, -0.2) is 73.5 Å². The van der Waals surface area contributed by atoms with Crippen LogP contribution in [0.1, 0.15) is 46.1 Å². The summed E-state index contributed by atoms with van der Waals surface area (Å²) in [6.45, 7) is 7.52. The summed E-state index contributed by atoms with van der Waals surface area (Å²) < 4.78 is 5.40. The minimum absolute atomic E-state index is 0.0525. The number of benzene rings is 1. The molecule has 0 aliphatic heterocycles. The third kappa shape index (κ3) is 11.2. The standard InChI is InChI=1S/C26H43N7O6/c1-15(2)20(23(35)29-5)32-24(36)21(16(3)4)33(6)26(38)39-14-17-9-11-18(12-10-17)31-22(34)19(27)8-7-13-30-25(28)37/h9-12,15-16,19-21H,7-8,13-14,27H2,1-6H3,(H,29,35)(H,31,34)(H,32,36)(H3,28,30,37)/t19-,20-,21-/m0/s1. The molecule has 0 bridgehead atoms. The lowest BCUT2D eigenvalue weighted by Gasteiger charge is -2.31. The van der Waals surface area contributed by atoms with E-state index < -0.39 is 36.2 Å². The zero-order chi connectivity index (χ0) is 29.7. The number of amides is 6. The van der Waals surface area contributed by atoms with Crippen LogP contribution >= 0.6 is 0 Å². The number of urea groups is 1. The van der Waals surface area contributed by atoms with Gasteiger partial charge in [-0.3, -0.25) is 19.3 Å². The molecule has 0 radical (unpaired) electrons. The molecule has 0 saturated heterocycles. The number of ether oxygens (including phenoxy) is 1. The largest absolute Gasteiger partial charge is 0.445 e. The summed E-state index contributed by atoms with van der Waals surface area (Å²) in [5, 5.41) is 10.4. The van der Waals surface area contributed by atoms with Crippen molar-refractivity contribution in [2.24, 2.45) is 23.3 Å². The lowest BCUT2D eigenvalue weighted by atomic mass is 9.99. The third-order valence-corrected chi connectivity index (χ3v) is 6.01. The maximum atomic E-state index is 13.0. The summed E-state index contributed by atoms with van der Waals surface area (Å²) in [6.07, 6.45) is 0.175. The minimum atomic E-state index is -0.850. The topological polar surface area (TPSA) is 198 Å². The molecule has 6 amide bonds. The summed E-state index contributed by atoms with van der Waals surface area (Å²) in [6, 6.07) is 3.71. The van der Waals surface area contributed by atoms with Crippen molar-refractivity contribution in [1.82, 2.24) is 20.9 Å². The molecule has 13 nitrogen and oxygen atoms in total. The van der Waals surface area contributed by atoms with Gasteiger partial charge in [0.05, 0.1) is 6.04 Å². The van der Waals surface area contributed by atoms with Gasteiger partial charge in [0.1, 0.15) is 18.7 Å². The average molecular weight is 550 g/mol. The van der Waals surface area contributed by atoms with Crippen LogP contribution in [0.5, 0.6) is 0 Å². The van der Waals surface area contributed by atoms with Gasteiger partial charge in [0, 0.05) is 26.3 Å². The van der Waals surface area contributed by atoms with Gasteiger partial charge < -0.3 is 37.5 Å². The second-order valence-electron chi connectivity index (χ2n) is 9.92. The second-order valence-corrected chi connectivity index (χ2v) is 9.92. The molecule has 0 aliphatic rings. The molecular formula is C26H43N7O6. The Hall–Kier alpha value is -3.87. The molecule has 218 valence electrons. The fourth-order valence-electron chi connectivity index (χ4n) is 3.80. The summed E-state index contributed by atoms with van der Waals surface area (Å²) >= 11 is 0. The van der Waals surface area contributed by atoms with Crippen molar-refractivity contribution < 1.29 is 28.7 Å². The van der Waals surface area contributed by atoms with Gasteiger partial charge in [-0.25, -0.2) is 9.59 Å². The number of hydrogen-bond donors (Lipinski definition) is 6. The second kappa shape index (κ2) is 16.2. The lowest BCUT2D eigenvalue weighted by Crippen LogP contribution is -2.56. The molecule has 0 saturated carbocycles. The van der Waals surface area contributed by atoms with Crippen molar-refractivity contribution >= 4 is 35.5 Å². The maximum absolute atomic E-state index is 13.0. The molecule has 8 N–H and O–H groups in total. The summed E-state index contributed by atoms with van der Waals surface area (Å²) in [5.74, 6) is -1.52. The van der Waals surface area contributed by atoms with Gasteiger partial charge in [-0.2, -0.15) is 0 Å². The third-order valence-electron chi connectivity index (χ3n) is 6.01. The first kappa shape index (κ1) is 33.2. The summed E-state index contributed by atoms with van der Waals surface area (Å²) in [7, 11) is 2.97. The Labute approximate surface area is 229 Å². The molecule has 0 spiro atoms. The van der Waals surface area contributed by atoms with Gasteiger partial charge in [-0.15, -0.1) is 0 Å². The van der Waals surface area contributed by atoms with E-state index in [1.54, 1.807) is 38.1 Å². The predicted octanol–water partition coefficient (Wildman–Crippen LogP) is 0.881. The van der Waals surface area contributed by atoms with Gasteiger partial charge in [0.2, 0.25) is 17.7 Å². The summed E-state index contributed by atoms with van der Waals surface area (Å²) in [4.78, 5) is 62.1. The van der Waals surface area contributed by atoms with Crippen LogP contribution in [-0.2, 0) is 25.7 Å². The van der Waals surface area contributed by atoms with Crippen molar-refractivity contribution in [3.63, 3.8) is 0 Å². The quantitative estimate of drug-likeness (QED) is 0.185. The van der Waals surface area contributed by atoms with E-state index in [2.05, 4.69) is 21.3 Å². The van der Waals surface area contributed by atoms with E-state index in [4.69, 9.17) is 16.2 Å². The van der Waals surface area contributed by atoms with E-state index in [1.807, 2.05) is 13.8 Å². The predicted molar refractivity (Wildman–Crippen MR) is 147 cm³/mol. The molecule has 3 atom stereocenters. The van der Waals surface area contributed by atoms with E-state index >= 15 is 0 Å². The molecule has 1 rings (SSSR count). The van der Waals surface area contributed by atoms with Crippen LogP contribution in [0, 0.1) is 11.8 Å². The fraction of sp³-hybridized carbons (Fsp3) is 0.577. The smallest absolute Gasteiger partial charge is 0.410 e. The Morgan fingerprint density at radius 1 is 0.949 bits per heavy atom. The van der Waals surface area contributed by atoms with Gasteiger partial charge >= 0.3 is 12.1 Å². The lowest BCUT2D eigenvalue weighted by molar-refractivity contribution is -0.133. The Morgan fingerprint density at radius 2 is 1.56 bits per heavy atom. The van der Waals surface area contributed by atoms with E-state index in [9.17, 15) is 24.0 Å². The highest BCUT2D eigenvalue weighted by atomic mass is 16.6. The Kier molecular flexibility index (Phi) is 13.7. The molecule has 1 aromatic rings. The van der Waals surface area contributed by atoms with Gasteiger partial charge in [-0.05, 0) is 42.4 Å². The first-order valence-electron chi connectivity index (χ1n) is 12.9. The Morgan fingerprint density at radius 3 is 2.08 bits per heavy atom. The highest BCUT2D eigenvalue weighted by molar-refractivity contribution is 5.94. The minimum Gasteiger partial charge on any atom is -0.445 e. The number of rotatable bonds is 14. The van der Waals surface area contributed by atoms with Crippen LogP contribution in [0.15, 0.2) is 24.3 Å². The molecule has 1 aromatic carbocycles. The van der Waals surface area contributed by atoms with Crippen molar-refractivity contribution in [1.29, 1.82) is 0 Å². The molecular weight excluding hydrogens is 506 g/mol. The zero-order valence-corrected chi connectivity index (χ0v) is 23.6. The van der Waals surface area contributed by atoms with Crippen LogP contribution in [0.25, 0.3) is 0 Å². The molecule has 39 heavy (non-hydrogen) atoms. The zero-order valence-electron chi connectivity index (χ0n) is 23.6. The molecule has 0 fully saturated rings. The van der Waals surface area contributed by atoms with Gasteiger partial charge in [-0.1, -0.05) is 39.8 Å². The number of likely N-dealkylation sites (N-methyl/N-ethyl adjacent to an activating group) is 2. The number of nitrogens with zero attached hydrogens (tertiary/aromatic N) is 1. The molecule has 0 heterocycles. The first-order chi connectivity index (χ1) is 18.3. The van der Waals surface area contributed by atoms with Gasteiger partial charge in [0.25, 0.3) is 0 Å². The highest BCUT2D eigenvalue weighted by Crippen LogP contribution is 2.15. The highest BCUT2D eigenvalue weighted by Gasteiger charge is 2.34. The average Bonchev–Trinajstić information content (AvgIpc) is 2.87. The number of nitrogens with two attached hydrogens (primary N) is 2. The Balaban J connectivity index is 2.67. The Bertz CT molecular complexity index is 984. The number of hydrogen-bond acceptors (Lipinski definition) is 7. The van der Waals surface area contributed by atoms with Crippen LogP contribution in [0.2, 0.25) is 0 Å². The monoisotopic (exact) mass is 549 g/mol. The fourth-order valence-corrected chi connectivity index (χ4v) is 3.80. The normalized spacial score (nSPS) is 13.2. The van der Waals surface area contributed by atoms with E-state index in [0.717, 1.165) is 0 Å². The molecule has 0 aliphatic carbocycles. The molecule has 0 unspecified atom stereocenters. The van der Waals surface area contributed by atoms with E-state index in [-0.39, 0.29) is 30.3 Å². The van der Waals surface area contributed by atoms with Crippen molar-refractivity contribution in [3.8, 4) is 0 Å². The van der Waals surface area contributed by atoms with Crippen molar-refractivity contribution in [3.05, 3.63) is 29.8 Å². The molecule has 0 aromatic heterocycles. The number of primary amides is 1. The SMILES string of the molecule is CNC(=O)[C@@H](NC(=O)[C@H](C(C)C)N(C)C(=O)OCc1ccc(NC(=O)[C@@H](N)CCCNC(N)=O)cc1)C(C)C. The van der Waals surface area contributed by atoms with E-state index in [1.165, 1.54) is 19.0 Å². The van der Waals surface area contributed by atoms with Crippen molar-refractivity contribution in [2.45, 2.75) is 65.3 Å². The van der Waals surface area contributed by atoms with Gasteiger partial charge in [0.15, 0.2) is 0 Å². The van der Waals surface area contributed by atoms with Crippen LogP contribution < -0.4 is 32.7 Å². The number of carbonyl (C=O) groups excluding carboxylic acids is 5. The van der Waals surface area contributed by atoms with Crippen LogP contribution in [0.4, 0.5) is 15.3 Å². The number of anilines is 1. The van der Waals surface area contributed by atoms with E-state index in [0.29, 0.717) is 30.6 Å². The number of carbonyl (C=O) groups is 5. The maximum Gasteiger partial charge on any atom is 0.410 e. The number of nitrogens with one attached hydrogen (secondary N) is 4.